The minimum absolute atomic E-state index is 0.103. The van der Waals surface area contributed by atoms with Crippen molar-refractivity contribution in [1.82, 2.24) is 0 Å². The van der Waals surface area contributed by atoms with Gasteiger partial charge in [0.1, 0.15) is 0 Å². The van der Waals surface area contributed by atoms with Crippen LogP contribution in [-0.4, -0.2) is 17.2 Å². The largest absolute Gasteiger partial charge is 0.479 e. The van der Waals surface area contributed by atoms with Crippen LogP contribution in [0.15, 0.2) is 18.2 Å². The van der Waals surface area contributed by atoms with Crippen molar-refractivity contribution < 1.29 is 19.0 Å². The van der Waals surface area contributed by atoms with E-state index in [1.54, 1.807) is 6.92 Å². The molecule has 1 aromatic rings. The number of carbonyl (C=O) groups is 1. The topological polar surface area (TPSA) is 46.5 Å². The number of rotatable bonds is 4. The highest BCUT2D eigenvalue weighted by Gasteiger charge is 2.18. The number of aliphatic carboxylic acids is 1. The number of ether oxygens (including phenoxy) is 1. The maximum atomic E-state index is 13.2. The molecule has 0 aliphatic heterocycles. The average molecular weight is 233 g/mol. The summed E-state index contributed by atoms with van der Waals surface area (Å²) in [4.78, 5) is 10.6. The van der Waals surface area contributed by atoms with Crippen LogP contribution in [-0.2, 0) is 4.79 Å². The number of benzene rings is 1. The van der Waals surface area contributed by atoms with Crippen LogP contribution in [0.2, 0.25) is 5.02 Å². The van der Waals surface area contributed by atoms with E-state index in [4.69, 9.17) is 21.4 Å². The Morgan fingerprint density at radius 1 is 1.67 bits per heavy atom. The quantitative estimate of drug-likeness (QED) is 0.868. The van der Waals surface area contributed by atoms with Crippen LogP contribution in [0.1, 0.15) is 13.3 Å². The average Bonchev–Trinajstić information content (AvgIpc) is 2.16. The van der Waals surface area contributed by atoms with Gasteiger partial charge in [0.15, 0.2) is 17.7 Å². The molecule has 0 radical (unpaired) electrons. The van der Waals surface area contributed by atoms with Crippen molar-refractivity contribution in [2.24, 2.45) is 0 Å². The molecule has 0 bridgehead atoms. The van der Waals surface area contributed by atoms with Gasteiger partial charge in [-0.2, -0.15) is 0 Å². The minimum Gasteiger partial charge on any atom is -0.479 e. The fourth-order valence-electron chi connectivity index (χ4n) is 1.03. The highest BCUT2D eigenvalue weighted by atomic mass is 35.5. The van der Waals surface area contributed by atoms with Crippen LogP contribution in [0.4, 0.5) is 4.39 Å². The molecule has 0 aliphatic rings. The SMILES string of the molecule is CC[C@H](Oc1ccc(Cl)cc1F)C(=O)O. The van der Waals surface area contributed by atoms with Gasteiger partial charge in [0.05, 0.1) is 0 Å². The number of hydrogen-bond donors (Lipinski definition) is 1. The second kappa shape index (κ2) is 4.98. The van der Waals surface area contributed by atoms with Crippen LogP contribution in [0, 0.1) is 5.82 Å². The van der Waals surface area contributed by atoms with Crippen molar-refractivity contribution in [3.8, 4) is 5.75 Å². The monoisotopic (exact) mass is 232 g/mol. The second-order valence-corrected chi connectivity index (χ2v) is 3.36. The smallest absolute Gasteiger partial charge is 0.344 e. The van der Waals surface area contributed by atoms with Gasteiger partial charge < -0.3 is 9.84 Å². The van der Waals surface area contributed by atoms with Crippen molar-refractivity contribution in [2.45, 2.75) is 19.4 Å². The van der Waals surface area contributed by atoms with Gasteiger partial charge in [-0.05, 0) is 24.6 Å². The van der Waals surface area contributed by atoms with Gasteiger partial charge in [-0.15, -0.1) is 0 Å². The highest BCUT2D eigenvalue weighted by Crippen LogP contribution is 2.22. The summed E-state index contributed by atoms with van der Waals surface area (Å²) >= 11 is 5.54. The third-order valence-corrected chi connectivity index (χ3v) is 2.04. The zero-order chi connectivity index (χ0) is 11.4. The zero-order valence-corrected chi connectivity index (χ0v) is 8.79. The lowest BCUT2D eigenvalue weighted by Gasteiger charge is -2.13. The number of halogens is 2. The first-order chi connectivity index (χ1) is 7.04. The molecular weight excluding hydrogens is 223 g/mol. The van der Waals surface area contributed by atoms with E-state index in [1.807, 2.05) is 0 Å². The predicted molar refractivity (Wildman–Crippen MR) is 53.8 cm³/mol. The van der Waals surface area contributed by atoms with Crippen LogP contribution < -0.4 is 4.74 Å². The highest BCUT2D eigenvalue weighted by molar-refractivity contribution is 6.30. The van der Waals surface area contributed by atoms with Gasteiger partial charge in [-0.25, -0.2) is 9.18 Å². The van der Waals surface area contributed by atoms with Gasteiger partial charge in [0, 0.05) is 5.02 Å². The van der Waals surface area contributed by atoms with E-state index in [-0.39, 0.29) is 17.2 Å². The van der Waals surface area contributed by atoms with Gasteiger partial charge in [0.25, 0.3) is 0 Å². The minimum atomic E-state index is -1.12. The lowest BCUT2D eigenvalue weighted by molar-refractivity contribution is -0.145. The molecule has 1 N–H and O–H groups in total. The molecule has 0 spiro atoms. The van der Waals surface area contributed by atoms with Crippen LogP contribution in [0.3, 0.4) is 0 Å². The molecule has 5 heteroatoms. The van der Waals surface area contributed by atoms with E-state index < -0.39 is 17.9 Å². The Kier molecular flexibility index (Phi) is 3.91. The van der Waals surface area contributed by atoms with E-state index in [2.05, 4.69) is 0 Å². The first-order valence-corrected chi connectivity index (χ1v) is 4.77. The third kappa shape index (κ3) is 3.09. The summed E-state index contributed by atoms with van der Waals surface area (Å²) in [6, 6.07) is 3.82. The Bertz CT molecular complexity index is 368. The molecule has 0 aromatic heterocycles. The zero-order valence-electron chi connectivity index (χ0n) is 8.04. The Labute approximate surface area is 91.4 Å². The lowest BCUT2D eigenvalue weighted by atomic mass is 10.2. The van der Waals surface area contributed by atoms with Crippen LogP contribution >= 0.6 is 11.6 Å². The first kappa shape index (κ1) is 11.8. The molecule has 0 amide bonds. The van der Waals surface area contributed by atoms with Crippen molar-refractivity contribution in [3.05, 3.63) is 29.0 Å². The third-order valence-electron chi connectivity index (χ3n) is 1.81. The fourth-order valence-corrected chi connectivity index (χ4v) is 1.19. The maximum Gasteiger partial charge on any atom is 0.344 e. The number of carboxylic acids is 1. The molecule has 3 nitrogen and oxygen atoms in total. The molecule has 0 saturated heterocycles. The summed E-state index contributed by atoms with van der Waals surface area (Å²) in [7, 11) is 0. The van der Waals surface area contributed by atoms with Crippen molar-refractivity contribution in [2.75, 3.05) is 0 Å². The molecular formula is C10H10ClFO3. The molecule has 1 rings (SSSR count). The molecule has 0 aliphatic carbocycles. The molecule has 82 valence electrons. The summed E-state index contributed by atoms with van der Waals surface area (Å²) in [5.41, 5.74) is 0. The van der Waals surface area contributed by atoms with E-state index >= 15 is 0 Å². The van der Waals surface area contributed by atoms with E-state index in [0.29, 0.717) is 0 Å². The van der Waals surface area contributed by atoms with Gasteiger partial charge in [-0.3, -0.25) is 0 Å². The summed E-state index contributed by atoms with van der Waals surface area (Å²) in [5, 5.41) is 8.95. The van der Waals surface area contributed by atoms with Crippen molar-refractivity contribution in [3.63, 3.8) is 0 Å². The Morgan fingerprint density at radius 2 is 2.33 bits per heavy atom. The molecule has 1 aromatic carbocycles. The summed E-state index contributed by atoms with van der Waals surface area (Å²) in [5.74, 6) is -1.89. The summed E-state index contributed by atoms with van der Waals surface area (Å²) in [6.45, 7) is 1.65. The second-order valence-electron chi connectivity index (χ2n) is 2.93. The van der Waals surface area contributed by atoms with Crippen molar-refractivity contribution >= 4 is 17.6 Å². The standard InChI is InChI=1S/C10H10ClFO3/c1-2-8(10(13)14)15-9-4-3-6(11)5-7(9)12/h3-5,8H,2H2,1H3,(H,13,14)/t8-/m0/s1. The lowest BCUT2D eigenvalue weighted by Crippen LogP contribution is -2.26. The molecule has 0 heterocycles. The van der Waals surface area contributed by atoms with E-state index in [0.717, 1.165) is 6.07 Å². The molecule has 15 heavy (non-hydrogen) atoms. The molecule has 0 unspecified atom stereocenters. The number of carboxylic acid groups (broad SMARTS) is 1. The molecule has 0 saturated carbocycles. The van der Waals surface area contributed by atoms with Gasteiger partial charge in [0.2, 0.25) is 0 Å². The van der Waals surface area contributed by atoms with Crippen LogP contribution in [0.5, 0.6) is 5.75 Å². The van der Waals surface area contributed by atoms with Gasteiger partial charge >= 0.3 is 5.97 Å². The Balaban J connectivity index is 2.84. The van der Waals surface area contributed by atoms with Crippen molar-refractivity contribution in [1.29, 1.82) is 0 Å². The summed E-state index contributed by atoms with van der Waals surface area (Å²) in [6.07, 6.45) is -0.780. The van der Waals surface area contributed by atoms with E-state index in [1.165, 1.54) is 12.1 Å². The first-order valence-electron chi connectivity index (χ1n) is 4.39. The molecule has 0 fully saturated rings. The van der Waals surface area contributed by atoms with Gasteiger partial charge in [-0.1, -0.05) is 18.5 Å². The Hall–Kier alpha value is -1.29. The predicted octanol–water partition coefficient (Wildman–Crippen LogP) is 2.72. The van der Waals surface area contributed by atoms with E-state index in [9.17, 15) is 9.18 Å². The van der Waals surface area contributed by atoms with Crippen LogP contribution in [0.25, 0.3) is 0 Å². The molecule has 1 atom stereocenters. The fraction of sp³-hybridized carbons (Fsp3) is 0.300. The summed E-state index contributed by atoms with van der Waals surface area (Å²) < 4.78 is 18.2. The Morgan fingerprint density at radius 3 is 2.80 bits per heavy atom. The maximum absolute atomic E-state index is 13.2. The number of hydrogen-bond acceptors (Lipinski definition) is 2. The normalized spacial score (nSPS) is 12.2.